The van der Waals surface area contributed by atoms with Gasteiger partial charge in [0, 0.05) is 31.0 Å². The second kappa shape index (κ2) is 8.56. The molecule has 1 aromatic heterocycles. The lowest BCUT2D eigenvalue weighted by Crippen LogP contribution is -2.45. The minimum absolute atomic E-state index is 0.226. The molecule has 0 aliphatic heterocycles. The van der Waals surface area contributed by atoms with Crippen molar-refractivity contribution >= 4 is 11.9 Å². The lowest BCUT2D eigenvalue weighted by atomic mass is 9.68. The summed E-state index contributed by atoms with van der Waals surface area (Å²) in [4.78, 5) is 21.0. The van der Waals surface area contributed by atoms with Gasteiger partial charge in [-0.2, -0.15) is 0 Å². The van der Waals surface area contributed by atoms with Crippen molar-refractivity contribution in [2.45, 2.75) is 38.1 Å². The number of amides is 1. The van der Waals surface area contributed by atoms with Crippen molar-refractivity contribution < 1.29 is 9.53 Å². The van der Waals surface area contributed by atoms with E-state index >= 15 is 0 Å². The van der Waals surface area contributed by atoms with Gasteiger partial charge < -0.3 is 21.1 Å². The molecule has 7 nitrogen and oxygen atoms in total. The van der Waals surface area contributed by atoms with Crippen LogP contribution in [0.3, 0.4) is 0 Å². The number of carbonyl (C=O) groups is 1. The van der Waals surface area contributed by atoms with E-state index in [2.05, 4.69) is 26.7 Å². The molecular formula is C21H29N5O2. The Labute approximate surface area is 166 Å². The van der Waals surface area contributed by atoms with Crippen LogP contribution in [0.2, 0.25) is 0 Å². The first-order valence-corrected chi connectivity index (χ1v) is 9.65. The highest BCUT2D eigenvalue weighted by Crippen LogP contribution is 2.41. The molecule has 3 rings (SSSR count). The number of rotatable bonds is 7. The second-order valence-corrected chi connectivity index (χ2v) is 7.46. The van der Waals surface area contributed by atoms with Crippen LogP contribution in [0, 0.1) is 5.41 Å². The van der Waals surface area contributed by atoms with Crippen molar-refractivity contribution in [2.24, 2.45) is 11.1 Å². The standard InChI is InChI=1S/C21H29N5O2/c1-23-17-6-8-21(9-7-17,19(22)27)11-15-10-14(4-5-18(15)28-3)16-12-25-20(24-2)26-13-16/h4-5,10,12-13,17,23H,6-9,11H2,1-3H3,(H2,22,27)(H,24,25,26). The average molecular weight is 383 g/mol. The van der Waals surface area contributed by atoms with E-state index in [9.17, 15) is 4.79 Å². The number of primary amides is 1. The van der Waals surface area contributed by atoms with Crippen LogP contribution in [0.4, 0.5) is 5.95 Å². The van der Waals surface area contributed by atoms with Crippen LogP contribution in [0.1, 0.15) is 31.2 Å². The monoisotopic (exact) mass is 383 g/mol. The zero-order chi connectivity index (χ0) is 20.1. The van der Waals surface area contributed by atoms with Gasteiger partial charge in [-0.3, -0.25) is 4.79 Å². The van der Waals surface area contributed by atoms with Crippen LogP contribution in [0.15, 0.2) is 30.6 Å². The van der Waals surface area contributed by atoms with Crippen LogP contribution in [0.5, 0.6) is 5.75 Å². The van der Waals surface area contributed by atoms with E-state index in [0.717, 1.165) is 48.1 Å². The summed E-state index contributed by atoms with van der Waals surface area (Å²) in [7, 11) is 5.40. The number of methoxy groups -OCH3 is 1. The Kier molecular flexibility index (Phi) is 6.14. The number of aromatic nitrogens is 2. The molecule has 2 aromatic rings. The molecule has 1 amide bonds. The third kappa shape index (κ3) is 4.09. The molecule has 1 heterocycles. The highest BCUT2D eigenvalue weighted by molar-refractivity contribution is 5.81. The highest BCUT2D eigenvalue weighted by atomic mass is 16.5. The summed E-state index contributed by atoms with van der Waals surface area (Å²) in [5.41, 5.74) is 8.23. The Bertz CT molecular complexity index is 814. The van der Waals surface area contributed by atoms with Gasteiger partial charge in [0.25, 0.3) is 0 Å². The van der Waals surface area contributed by atoms with Gasteiger partial charge in [-0.1, -0.05) is 6.07 Å². The summed E-state index contributed by atoms with van der Waals surface area (Å²) in [5, 5.41) is 6.23. The van der Waals surface area contributed by atoms with Crippen molar-refractivity contribution in [3.05, 3.63) is 36.2 Å². The van der Waals surface area contributed by atoms with E-state index in [4.69, 9.17) is 10.5 Å². The average Bonchev–Trinajstić information content (AvgIpc) is 2.74. The molecule has 1 aliphatic rings. The summed E-state index contributed by atoms with van der Waals surface area (Å²) < 4.78 is 5.58. The maximum Gasteiger partial charge on any atom is 0.223 e. The number of nitrogens with two attached hydrogens (primary N) is 1. The zero-order valence-corrected chi connectivity index (χ0v) is 16.8. The first kappa shape index (κ1) is 20.1. The first-order valence-electron chi connectivity index (χ1n) is 9.65. The Morgan fingerprint density at radius 2 is 1.89 bits per heavy atom. The SMILES string of the molecule is CNc1ncc(-c2ccc(OC)c(CC3(C(N)=O)CCC(NC)CC3)c2)cn1. The number of hydrogen-bond donors (Lipinski definition) is 3. The molecule has 7 heteroatoms. The zero-order valence-electron chi connectivity index (χ0n) is 16.8. The van der Waals surface area contributed by atoms with Crippen molar-refractivity contribution in [3.8, 4) is 16.9 Å². The number of ether oxygens (including phenoxy) is 1. The number of anilines is 1. The number of nitrogens with one attached hydrogen (secondary N) is 2. The molecule has 4 N–H and O–H groups in total. The Hall–Kier alpha value is -2.67. The van der Waals surface area contributed by atoms with Crippen LogP contribution in [0.25, 0.3) is 11.1 Å². The lowest BCUT2D eigenvalue weighted by molar-refractivity contribution is -0.129. The number of nitrogens with zero attached hydrogens (tertiary/aromatic N) is 2. The summed E-state index contributed by atoms with van der Waals surface area (Å²) in [5.74, 6) is 1.12. The fraction of sp³-hybridized carbons (Fsp3) is 0.476. The highest BCUT2D eigenvalue weighted by Gasteiger charge is 2.40. The maximum absolute atomic E-state index is 12.4. The number of carbonyl (C=O) groups excluding carboxylic acids is 1. The third-order valence-corrected chi connectivity index (χ3v) is 5.89. The van der Waals surface area contributed by atoms with E-state index in [-0.39, 0.29) is 5.91 Å². The molecule has 0 spiro atoms. The van der Waals surface area contributed by atoms with Crippen molar-refractivity contribution in [1.29, 1.82) is 0 Å². The van der Waals surface area contributed by atoms with Gasteiger partial charge in [-0.25, -0.2) is 9.97 Å². The smallest absolute Gasteiger partial charge is 0.223 e. The van der Waals surface area contributed by atoms with E-state index in [0.29, 0.717) is 18.4 Å². The Morgan fingerprint density at radius 1 is 1.21 bits per heavy atom. The topological polar surface area (TPSA) is 102 Å². The minimum Gasteiger partial charge on any atom is -0.496 e. The molecule has 1 fully saturated rings. The molecule has 1 saturated carbocycles. The summed E-state index contributed by atoms with van der Waals surface area (Å²) >= 11 is 0. The Morgan fingerprint density at radius 3 is 2.43 bits per heavy atom. The minimum atomic E-state index is -0.536. The molecule has 1 aliphatic carbocycles. The molecule has 1 aromatic carbocycles. The van der Waals surface area contributed by atoms with Gasteiger partial charge >= 0.3 is 0 Å². The molecule has 0 saturated heterocycles. The largest absolute Gasteiger partial charge is 0.496 e. The first-order chi connectivity index (χ1) is 13.5. The van der Waals surface area contributed by atoms with Gasteiger partial charge in [-0.15, -0.1) is 0 Å². The molecule has 0 radical (unpaired) electrons. The number of benzene rings is 1. The molecule has 28 heavy (non-hydrogen) atoms. The molecule has 0 unspecified atom stereocenters. The van der Waals surface area contributed by atoms with Crippen molar-refractivity contribution in [1.82, 2.24) is 15.3 Å². The van der Waals surface area contributed by atoms with E-state index in [1.807, 2.05) is 19.2 Å². The predicted molar refractivity (Wildman–Crippen MR) is 110 cm³/mol. The van der Waals surface area contributed by atoms with E-state index < -0.39 is 5.41 Å². The fourth-order valence-electron chi connectivity index (χ4n) is 4.04. The maximum atomic E-state index is 12.4. The van der Waals surface area contributed by atoms with Gasteiger partial charge in [0.1, 0.15) is 5.75 Å². The number of hydrogen-bond acceptors (Lipinski definition) is 6. The van der Waals surface area contributed by atoms with Gasteiger partial charge in [0.15, 0.2) is 0 Å². The molecule has 0 atom stereocenters. The van der Waals surface area contributed by atoms with Crippen LogP contribution < -0.4 is 21.1 Å². The van der Waals surface area contributed by atoms with Crippen molar-refractivity contribution in [2.75, 3.05) is 26.5 Å². The molecule has 150 valence electrons. The molecule has 0 bridgehead atoms. The predicted octanol–water partition coefficient (Wildman–Crippen LogP) is 2.37. The van der Waals surface area contributed by atoms with E-state index in [1.165, 1.54) is 0 Å². The third-order valence-electron chi connectivity index (χ3n) is 5.89. The van der Waals surface area contributed by atoms with Gasteiger partial charge in [0.05, 0.1) is 12.5 Å². The quantitative estimate of drug-likeness (QED) is 0.678. The van der Waals surface area contributed by atoms with Crippen LogP contribution in [-0.2, 0) is 11.2 Å². The second-order valence-electron chi connectivity index (χ2n) is 7.46. The normalized spacial score (nSPS) is 21.9. The van der Waals surface area contributed by atoms with Gasteiger partial charge in [0.2, 0.25) is 11.9 Å². The lowest BCUT2D eigenvalue weighted by Gasteiger charge is -2.38. The van der Waals surface area contributed by atoms with Crippen LogP contribution >= 0.6 is 0 Å². The van der Waals surface area contributed by atoms with E-state index in [1.54, 1.807) is 26.6 Å². The molecular weight excluding hydrogens is 354 g/mol. The van der Waals surface area contributed by atoms with Crippen LogP contribution in [-0.4, -0.2) is 43.1 Å². The fourth-order valence-corrected chi connectivity index (χ4v) is 4.04. The summed E-state index contributed by atoms with van der Waals surface area (Å²) in [6.45, 7) is 0. The summed E-state index contributed by atoms with van der Waals surface area (Å²) in [6, 6.07) is 6.42. The Balaban J connectivity index is 1.91. The summed E-state index contributed by atoms with van der Waals surface area (Å²) in [6.07, 6.45) is 7.59. The van der Waals surface area contributed by atoms with Gasteiger partial charge in [-0.05, 0) is 62.4 Å². The van der Waals surface area contributed by atoms with Crippen molar-refractivity contribution in [3.63, 3.8) is 0 Å².